The first kappa shape index (κ1) is 33.6. The molecule has 0 bridgehead atoms. The third-order valence-electron chi connectivity index (χ3n) is 12.7. The van der Waals surface area contributed by atoms with Crippen molar-refractivity contribution < 1.29 is 0 Å². The summed E-state index contributed by atoms with van der Waals surface area (Å²) in [6.45, 7) is 6.87. The number of rotatable bonds is 5. The Morgan fingerprint density at radius 2 is 0.930 bits per heavy atom. The quantitative estimate of drug-likeness (QED) is 0.170. The molecule has 11 rings (SSSR count). The Hall–Kier alpha value is -6.70. The van der Waals surface area contributed by atoms with Crippen molar-refractivity contribution in [1.82, 2.24) is 0 Å². The van der Waals surface area contributed by atoms with Gasteiger partial charge in [0.05, 0.1) is 0 Å². The van der Waals surface area contributed by atoms with Crippen molar-refractivity contribution in [1.29, 1.82) is 0 Å². The fraction of sp³-hybridized carbons (Fsp3) is 0.107. The Labute approximate surface area is 335 Å². The summed E-state index contributed by atoms with van der Waals surface area (Å²) in [4.78, 5) is 2.45. The van der Waals surface area contributed by atoms with Crippen LogP contribution in [0, 0.1) is 6.92 Å². The van der Waals surface area contributed by atoms with Crippen LogP contribution in [0.15, 0.2) is 182 Å². The molecular formula is C56H43N. The van der Waals surface area contributed by atoms with Gasteiger partial charge >= 0.3 is 0 Å². The summed E-state index contributed by atoms with van der Waals surface area (Å²) in [5.41, 5.74) is 20.7. The molecule has 0 unspecified atom stereocenters. The normalized spacial score (nSPS) is 13.5. The van der Waals surface area contributed by atoms with Crippen LogP contribution >= 0.6 is 0 Å². The zero-order valence-corrected chi connectivity index (χ0v) is 32.7. The third kappa shape index (κ3) is 5.52. The Morgan fingerprint density at radius 3 is 1.60 bits per heavy atom. The number of aryl methyl sites for hydroxylation is 1. The molecule has 0 atom stereocenters. The van der Waals surface area contributed by atoms with E-state index in [4.69, 9.17) is 0 Å². The summed E-state index contributed by atoms with van der Waals surface area (Å²) in [6, 6.07) is 68.3. The first-order chi connectivity index (χ1) is 27.9. The molecule has 2 aliphatic carbocycles. The second-order valence-corrected chi connectivity index (χ2v) is 16.6. The van der Waals surface area contributed by atoms with Gasteiger partial charge in [0.25, 0.3) is 0 Å². The number of hydrogen-bond acceptors (Lipinski definition) is 1. The summed E-state index contributed by atoms with van der Waals surface area (Å²) < 4.78 is 0. The molecule has 1 heteroatoms. The summed E-state index contributed by atoms with van der Waals surface area (Å²) in [7, 11) is 0. The SMILES string of the molecule is Cc1cccc(-c2ccc(N(c3ccc(-c4ccc5c(c4)C(C)(C)c4ccccc4-5)cc3)c3cc4c5c(cccc5c3)Cc3cccc5cccc(c35)C4)cc2)c1. The van der Waals surface area contributed by atoms with Crippen LogP contribution in [0.1, 0.15) is 52.8 Å². The molecule has 0 aliphatic heterocycles. The Kier molecular flexibility index (Phi) is 7.63. The second kappa shape index (κ2) is 12.9. The third-order valence-corrected chi connectivity index (χ3v) is 12.7. The molecule has 0 heterocycles. The highest BCUT2D eigenvalue weighted by Gasteiger charge is 2.35. The van der Waals surface area contributed by atoms with Crippen LogP contribution < -0.4 is 4.90 Å². The van der Waals surface area contributed by atoms with Crippen molar-refractivity contribution in [2.24, 2.45) is 0 Å². The molecule has 0 spiro atoms. The number of benzene rings is 9. The van der Waals surface area contributed by atoms with Crippen LogP contribution in [0.25, 0.3) is 54.9 Å². The van der Waals surface area contributed by atoms with Gasteiger partial charge in [-0.3, -0.25) is 0 Å². The molecule has 9 aromatic rings. The minimum Gasteiger partial charge on any atom is -0.310 e. The molecule has 0 radical (unpaired) electrons. The maximum atomic E-state index is 2.46. The lowest BCUT2D eigenvalue weighted by Crippen LogP contribution is -2.14. The van der Waals surface area contributed by atoms with Gasteiger partial charge in [-0.1, -0.05) is 159 Å². The first-order valence-corrected chi connectivity index (χ1v) is 20.3. The Balaban J connectivity index is 1.04. The molecule has 0 saturated heterocycles. The van der Waals surface area contributed by atoms with E-state index in [1.54, 1.807) is 0 Å². The molecule has 1 nitrogen and oxygen atoms in total. The zero-order chi connectivity index (χ0) is 38.3. The highest BCUT2D eigenvalue weighted by atomic mass is 15.1. The smallest absolute Gasteiger partial charge is 0.0470 e. The molecule has 0 N–H and O–H groups in total. The predicted molar refractivity (Wildman–Crippen MR) is 241 cm³/mol. The molecule has 9 aromatic carbocycles. The van der Waals surface area contributed by atoms with Gasteiger partial charge in [0.15, 0.2) is 0 Å². The summed E-state index contributed by atoms with van der Waals surface area (Å²) >= 11 is 0. The largest absolute Gasteiger partial charge is 0.310 e. The van der Waals surface area contributed by atoms with Crippen molar-refractivity contribution in [2.45, 2.75) is 39.0 Å². The molecule has 272 valence electrons. The van der Waals surface area contributed by atoms with E-state index < -0.39 is 0 Å². The number of nitrogens with zero attached hydrogens (tertiary/aromatic N) is 1. The minimum absolute atomic E-state index is 0.0367. The van der Waals surface area contributed by atoms with Gasteiger partial charge in [-0.2, -0.15) is 0 Å². The van der Waals surface area contributed by atoms with Crippen LogP contribution in [-0.2, 0) is 18.3 Å². The van der Waals surface area contributed by atoms with E-state index in [-0.39, 0.29) is 5.41 Å². The van der Waals surface area contributed by atoms with E-state index in [1.165, 1.54) is 99.6 Å². The van der Waals surface area contributed by atoms with Crippen LogP contribution in [0.5, 0.6) is 0 Å². The second-order valence-electron chi connectivity index (χ2n) is 16.6. The van der Waals surface area contributed by atoms with E-state index >= 15 is 0 Å². The van der Waals surface area contributed by atoms with Crippen molar-refractivity contribution in [2.75, 3.05) is 4.90 Å². The van der Waals surface area contributed by atoms with Gasteiger partial charge in [0.1, 0.15) is 0 Å². The topological polar surface area (TPSA) is 3.24 Å². The molecular weight excluding hydrogens is 687 g/mol. The lowest BCUT2D eigenvalue weighted by Gasteiger charge is -2.28. The summed E-state index contributed by atoms with van der Waals surface area (Å²) in [6.07, 6.45) is 1.81. The highest BCUT2D eigenvalue weighted by molar-refractivity contribution is 5.98. The number of fused-ring (bicyclic) bond motifs is 3. The van der Waals surface area contributed by atoms with Crippen LogP contribution in [-0.4, -0.2) is 0 Å². The minimum atomic E-state index is -0.0367. The van der Waals surface area contributed by atoms with Crippen LogP contribution in [0.2, 0.25) is 0 Å². The van der Waals surface area contributed by atoms with Crippen LogP contribution in [0.4, 0.5) is 17.1 Å². The van der Waals surface area contributed by atoms with E-state index in [1.807, 2.05) is 0 Å². The van der Waals surface area contributed by atoms with E-state index in [0.29, 0.717) is 0 Å². The van der Waals surface area contributed by atoms with Gasteiger partial charge < -0.3 is 4.90 Å². The monoisotopic (exact) mass is 729 g/mol. The molecule has 0 amide bonds. The Bertz CT molecular complexity index is 3030. The van der Waals surface area contributed by atoms with Gasteiger partial charge in [-0.05, 0) is 151 Å². The highest BCUT2D eigenvalue weighted by Crippen LogP contribution is 2.50. The number of anilines is 3. The molecule has 0 fully saturated rings. The molecule has 0 saturated carbocycles. The summed E-state index contributed by atoms with van der Waals surface area (Å²) in [5.74, 6) is 0. The lowest BCUT2D eigenvalue weighted by atomic mass is 9.81. The number of hydrogen-bond donors (Lipinski definition) is 0. The fourth-order valence-electron chi connectivity index (χ4n) is 9.97. The van der Waals surface area contributed by atoms with Gasteiger partial charge in [0, 0.05) is 22.5 Å². The fourth-order valence-corrected chi connectivity index (χ4v) is 9.97. The van der Waals surface area contributed by atoms with Crippen LogP contribution in [0.3, 0.4) is 0 Å². The maximum Gasteiger partial charge on any atom is 0.0470 e. The van der Waals surface area contributed by atoms with E-state index in [0.717, 1.165) is 24.2 Å². The van der Waals surface area contributed by atoms with Gasteiger partial charge in [-0.15, -0.1) is 0 Å². The summed E-state index contributed by atoms with van der Waals surface area (Å²) in [5, 5.41) is 5.40. The van der Waals surface area contributed by atoms with Gasteiger partial charge in [-0.25, -0.2) is 0 Å². The van der Waals surface area contributed by atoms with Crippen molar-refractivity contribution in [3.8, 4) is 33.4 Å². The van der Waals surface area contributed by atoms with Gasteiger partial charge in [0.2, 0.25) is 0 Å². The molecule has 2 aliphatic rings. The standard InChI is InChI=1S/C56H43N/c1-36-10-6-13-40(30-36)37-20-25-47(26-21-37)57(48-27-22-38(23-28-48)41-24-29-51-50-18-4-5-19-52(50)56(2,3)53(51)35-41)49-33-45-17-9-16-43-31-42-14-7-11-39-12-8-15-44(54(39)42)32-46(34-49)55(43)45/h4-30,33-35H,31-32H2,1-3H3. The Morgan fingerprint density at radius 1 is 0.386 bits per heavy atom. The average molecular weight is 730 g/mol. The van der Waals surface area contributed by atoms with E-state index in [2.05, 4.69) is 208 Å². The van der Waals surface area contributed by atoms with E-state index in [9.17, 15) is 0 Å². The predicted octanol–water partition coefficient (Wildman–Crippen LogP) is 14.9. The lowest BCUT2D eigenvalue weighted by molar-refractivity contribution is 0.660. The first-order valence-electron chi connectivity index (χ1n) is 20.3. The molecule has 0 aromatic heterocycles. The van der Waals surface area contributed by atoms with Crippen molar-refractivity contribution >= 4 is 38.6 Å². The van der Waals surface area contributed by atoms with Crippen molar-refractivity contribution in [3.05, 3.63) is 221 Å². The zero-order valence-electron chi connectivity index (χ0n) is 32.7. The maximum absolute atomic E-state index is 2.46. The average Bonchev–Trinajstić information content (AvgIpc) is 3.46. The van der Waals surface area contributed by atoms with Crippen molar-refractivity contribution in [3.63, 3.8) is 0 Å². The molecule has 57 heavy (non-hydrogen) atoms.